The average molecular weight is 220 g/mol. The number of anilines is 1. The summed E-state index contributed by atoms with van der Waals surface area (Å²) in [6.45, 7) is 3.33. The number of hydrogen-bond acceptors (Lipinski definition) is 5. The van der Waals surface area contributed by atoms with Crippen molar-refractivity contribution in [3.05, 3.63) is 18.1 Å². The third kappa shape index (κ3) is 2.45. The molecule has 0 aliphatic heterocycles. The van der Waals surface area contributed by atoms with Gasteiger partial charge in [0.05, 0.1) is 12.4 Å². The van der Waals surface area contributed by atoms with Crippen molar-refractivity contribution in [1.82, 2.24) is 9.97 Å². The number of nitrogens with zero attached hydrogens (tertiary/aromatic N) is 3. The van der Waals surface area contributed by atoms with Gasteiger partial charge in [-0.15, -0.1) is 0 Å². The highest BCUT2D eigenvalue weighted by Crippen LogP contribution is 2.16. The highest BCUT2D eigenvalue weighted by atomic mass is 16.4. The van der Waals surface area contributed by atoms with Gasteiger partial charge in [-0.1, -0.05) is 6.92 Å². The van der Waals surface area contributed by atoms with Gasteiger partial charge in [0.15, 0.2) is 5.69 Å². The number of hydrogen-bond donors (Lipinski definition) is 2. The molecule has 0 radical (unpaired) electrons. The number of aliphatic carboxylic acids is 1. The molecule has 6 nitrogen and oxygen atoms in total. The van der Waals surface area contributed by atoms with Gasteiger partial charge in [0.1, 0.15) is 17.4 Å². The van der Waals surface area contributed by atoms with Gasteiger partial charge in [0.2, 0.25) is 0 Å². The molecule has 0 amide bonds. The van der Waals surface area contributed by atoms with Crippen molar-refractivity contribution in [3.63, 3.8) is 0 Å². The summed E-state index contributed by atoms with van der Waals surface area (Å²) in [6.07, 6.45) is 3.04. The minimum absolute atomic E-state index is 0.194. The molecule has 0 fully saturated rings. The molecule has 0 saturated heterocycles. The van der Waals surface area contributed by atoms with Crippen LogP contribution in [0.1, 0.15) is 26.0 Å². The fourth-order valence-corrected chi connectivity index (χ4v) is 1.03. The monoisotopic (exact) mass is 220 g/mol. The van der Waals surface area contributed by atoms with Crippen LogP contribution in [0.3, 0.4) is 0 Å². The lowest BCUT2D eigenvalue weighted by Gasteiger charge is -2.24. The van der Waals surface area contributed by atoms with Crippen LogP contribution in [0.4, 0.5) is 5.82 Å². The Morgan fingerprint density at radius 3 is 2.69 bits per heavy atom. The van der Waals surface area contributed by atoms with Gasteiger partial charge >= 0.3 is 5.97 Å². The summed E-state index contributed by atoms with van der Waals surface area (Å²) in [7, 11) is 0. The molecule has 0 bridgehead atoms. The maximum atomic E-state index is 11.0. The molecule has 16 heavy (non-hydrogen) atoms. The Bertz CT molecular complexity index is 423. The van der Waals surface area contributed by atoms with E-state index in [0.717, 1.165) is 0 Å². The van der Waals surface area contributed by atoms with Gasteiger partial charge in [0, 0.05) is 0 Å². The zero-order valence-corrected chi connectivity index (χ0v) is 9.06. The van der Waals surface area contributed by atoms with E-state index in [2.05, 4.69) is 15.3 Å². The molecule has 2 N–H and O–H groups in total. The van der Waals surface area contributed by atoms with E-state index in [1.54, 1.807) is 13.8 Å². The summed E-state index contributed by atoms with van der Waals surface area (Å²) in [6, 6.07) is 1.84. The SMILES string of the molecule is CCC(C)(Nc1cnc(C#N)cn1)C(=O)O. The topological polar surface area (TPSA) is 98.9 Å². The molecule has 0 spiro atoms. The Hall–Kier alpha value is -2.16. The minimum Gasteiger partial charge on any atom is -0.480 e. The van der Waals surface area contributed by atoms with Crippen molar-refractivity contribution in [3.8, 4) is 6.07 Å². The summed E-state index contributed by atoms with van der Waals surface area (Å²) >= 11 is 0. The molecular formula is C10H12N4O2. The van der Waals surface area contributed by atoms with Crippen LogP contribution in [0.25, 0.3) is 0 Å². The zero-order chi connectivity index (χ0) is 12.2. The van der Waals surface area contributed by atoms with Crippen LogP contribution in [0, 0.1) is 11.3 Å². The fraction of sp³-hybridized carbons (Fsp3) is 0.400. The van der Waals surface area contributed by atoms with Crippen LogP contribution in [-0.2, 0) is 4.79 Å². The molecule has 1 atom stereocenters. The van der Waals surface area contributed by atoms with Crippen molar-refractivity contribution < 1.29 is 9.90 Å². The van der Waals surface area contributed by atoms with E-state index < -0.39 is 11.5 Å². The second kappa shape index (κ2) is 4.57. The molecule has 1 aromatic heterocycles. The number of nitrogens with one attached hydrogen (secondary N) is 1. The van der Waals surface area contributed by atoms with Crippen LogP contribution in [0.2, 0.25) is 0 Å². The number of nitriles is 1. The van der Waals surface area contributed by atoms with Gasteiger partial charge in [0.25, 0.3) is 0 Å². The number of carbonyl (C=O) groups is 1. The smallest absolute Gasteiger partial charge is 0.329 e. The fourth-order valence-electron chi connectivity index (χ4n) is 1.03. The maximum absolute atomic E-state index is 11.0. The Morgan fingerprint density at radius 2 is 2.31 bits per heavy atom. The van der Waals surface area contributed by atoms with E-state index in [-0.39, 0.29) is 5.69 Å². The lowest BCUT2D eigenvalue weighted by molar-refractivity contribution is -0.141. The second-order valence-electron chi connectivity index (χ2n) is 3.51. The van der Waals surface area contributed by atoms with Crippen LogP contribution in [0.5, 0.6) is 0 Å². The van der Waals surface area contributed by atoms with Crippen molar-refractivity contribution in [2.45, 2.75) is 25.8 Å². The number of aromatic nitrogens is 2. The lowest BCUT2D eigenvalue weighted by Crippen LogP contribution is -2.42. The van der Waals surface area contributed by atoms with Crippen LogP contribution in [-0.4, -0.2) is 26.6 Å². The Balaban J connectivity index is 2.87. The van der Waals surface area contributed by atoms with Crippen molar-refractivity contribution in [1.29, 1.82) is 5.26 Å². The van der Waals surface area contributed by atoms with Crippen molar-refractivity contribution in [2.24, 2.45) is 0 Å². The van der Waals surface area contributed by atoms with Gasteiger partial charge < -0.3 is 10.4 Å². The molecule has 1 rings (SSSR count). The summed E-state index contributed by atoms with van der Waals surface area (Å²) in [5.41, 5.74) is -0.887. The summed E-state index contributed by atoms with van der Waals surface area (Å²) in [5.74, 6) is -0.619. The van der Waals surface area contributed by atoms with Crippen LogP contribution >= 0.6 is 0 Å². The standard InChI is InChI=1S/C10H12N4O2/c1-3-10(2,9(15)16)14-8-6-12-7(4-11)5-13-8/h5-6H,3H2,1-2H3,(H,13,14)(H,15,16). The van der Waals surface area contributed by atoms with E-state index in [1.807, 2.05) is 6.07 Å². The third-order valence-corrected chi connectivity index (χ3v) is 2.35. The molecule has 1 heterocycles. The first-order chi connectivity index (χ1) is 7.51. The Morgan fingerprint density at radius 1 is 1.62 bits per heavy atom. The highest BCUT2D eigenvalue weighted by Gasteiger charge is 2.31. The molecule has 6 heteroatoms. The largest absolute Gasteiger partial charge is 0.480 e. The van der Waals surface area contributed by atoms with Gasteiger partial charge in [-0.2, -0.15) is 5.26 Å². The van der Waals surface area contributed by atoms with Gasteiger partial charge in [-0.3, -0.25) is 0 Å². The van der Waals surface area contributed by atoms with Crippen molar-refractivity contribution >= 4 is 11.8 Å². The molecular weight excluding hydrogens is 208 g/mol. The first kappa shape index (κ1) is 11.9. The number of rotatable bonds is 4. The first-order valence-electron chi connectivity index (χ1n) is 4.75. The summed E-state index contributed by atoms with van der Waals surface area (Å²) < 4.78 is 0. The van der Waals surface area contributed by atoms with E-state index >= 15 is 0 Å². The zero-order valence-electron chi connectivity index (χ0n) is 9.06. The lowest BCUT2D eigenvalue weighted by atomic mass is 9.99. The van der Waals surface area contributed by atoms with E-state index in [1.165, 1.54) is 12.4 Å². The summed E-state index contributed by atoms with van der Waals surface area (Å²) in [4.78, 5) is 18.7. The van der Waals surface area contributed by atoms with Gasteiger partial charge in [-0.05, 0) is 13.3 Å². The molecule has 0 aliphatic rings. The van der Waals surface area contributed by atoms with Crippen molar-refractivity contribution in [2.75, 3.05) is 5.32 Å². The molecule has 0 aromatic carbocycles. The van der Waals surface area contributed by atoms with Crippen LogP contribution in [0.15, 0.2) is 12.4 Å². The van der Waals surface area contributed by atoms with E-state index in [0.29, 0.717) is 12.2 Å². The van der Waals surface area contributed by atoms with E-state index in [4.69, 9.17) is 10.4 Å². The molecule has 1 unspecified atom stereocenters. The maximum Gasteiger partial charge on any atom is 0.329 e. The summed E-state index contributed by atoms with van der Waals surface area (Å²) in [5, 5.41) is 20.3. The average Bonchev–Trinajstić information content (AvgIpc) is 2.29. The normalized spacial score (nSPS) is 13.6. The van der Waals surface area contributed by atoms with Gasteiger partial charge in [-0.25, -0.2) is 14.8 Å². The number of carboxylic acid groups (broad SMARTS) is 1. The molecule has 0 aliphatic carbocycles. The quantitative estimate of drug-likeness (QED) is 0.785. The third-order valence-electron chi connectivity index (χ3n) is 2.35. The highest BCUT2D eigenvalue weighted by molar-refractivity contribution is 5.81. The Labute approximate surface area is 93.0 Å². The first-order valence-corrected chi connectivity index (χ1v) is 4.75. The second-order valence-corrected chi connectivity index (χ2v) is 3.51. The molecule has 84 valence electrons. The predicted molar refractivity (Wildman–Crippen MR) is 56.7 cm³/mol. The Kier molecular flexibility index (Phi) is 3.40. The number of carboxylic acids is 1. The molecule has 0 saturated carbocycles. The minimum atomic E-state index is -1.08. The van der Waals surface area contributed by atoms with E-state index in [9.17, 15) is 4.79 Å². The molecule has 1 aromatic rings. The van der Waals surface area contributed by atoms with Crippen LogP contribution < -0.4 is 5.32 Å². The predicted octanol–water partition coefficient (Wildman–Crippen LogP) is 1.01.